The first-order valence-corrected chi connectivity index (χ1v) is 12.2. The molecular formula is C25H29N5OS. The lowest BCUT2D eigenvalue weighted by atomic mass is 9.87. The second-order valence-corrected chi connectivity index (χ2v) is 8.84. The number of nitrogens with one attached hydrogen (secondary N) is 1. The molecule has 2 aliphatic rings. The van der Waals surface area contributed by atoms with E-state index in [1.165, 1.54) is 23.3 Å². The summed E-state index contributed by atoms with van der Waals surface area (Å²) in [4.78, 5) is 12.0. The van der Waals surface area contributed by atoms with Gasteiger partial charge in [0, 0.05) is 44.6 Å². The van der Waals surface area contributed by atoms with E-state index < -0.39 is 0 Å². The topological polar surface area (TPSA) is 74.1 Å². The lowest BCUT2D eigenvalue weighted by molar-refractivity contribution is 0.116. The highest BCUT2D eigenvalue weighted by Gasteiger charge is 2.34. The maximum atomic E-state index is 7.32. The van der Waals surface area contributed by atoms with Crippen LogP contribution in [-0.4, -0.2) is 42.4 Å². The van der Waals surface area contributed by atoms with Crippen molar-refractivity contribution in [2.24, 2.45) is 5.92 Å². The number of nitriles is 1. The fourth-order valence-electron chi connectivity index (χ4n) is 4.47. The number of nitrogens with zero attached hydrogens (tertiary/aromatic N) is 4. The second-order valence-electron chi connectivity index (χ2n) is 8.07. The number of thioether (sulfide) groups is 1. The van der Waals surface area contributed by atoms with Crippen molar-refractivity contribution in [3.63, 3.8) is 0 Å². The lowest BCUT2D eigenvalue weighted by Crippen LogP contribution is -2.44. The third-order valence-electron chi connectivity index (χ3n) is 5.94. The zero-order chi connectivity index (χ0) is 22.5. The zero-order valence-corrected chi connectivity index (χ0v) is 19.7. The van der Waals surface area contributed by atoms with Gasteiger partial charge in [0.25, 0.3) is 0 Å². The molecule has 6 nitrogen and oxygen atoms in total. The molecule has 2 atom stereocenters. The van der Waals surface area contributed by atoms with Crippen LogP contribution in [0, 0.1) is 17.2 Å². The van der Waals surface area contributed by atoms with Gasteiger partial charge < -0.3 is 15.0 Å². The molecule has 0 saturated carbocycles. The smallest absolute Gasteiger partial charge is 0.223 e. The highest BCUT2D eigenvalue weighted by atomic mass is 32.2. The molecule has 0 bridgehead atoms. The van der Waals surface area contributed by atoms with E-state index in [9.17, 15) is 0 Å². The first-order chi connectivity index (χ1) is 15.7. The van der Waals surface area contributed by atoms with Crippen LogP contribution < -0.4 is 15.0 Å². The largest absolute Gasteiger partial charge is 0.469 e. The van der Waals surface area contributed by atoms with E-state index in [1.54, 1.807) is 17.8 Å². The summed E-state index contributed by atoms with van der Waals surface area (Å²) in [6.45, 7) is 7.63. The molecule has 3 heterocycles. The molecule has 2 aliphatic heterocycles. The van der Waals surface area contributed by atoms with Crippen LogP contribution in [0.3, 0.4) is 0 Å². The maximum Gasteiger partial charge on any atom is 0.223 e. The summed E-state index contributed by atoms with van der Waals surface area (Å²) in [5.74, 6) is 2.16. The Morgan fingerprint density at radius 1 is 1.12 bits per heavy atom. The number of piperazine rings is 1. The van der Waals surface area contributed by atoms with Gasteiger partial charge >= 0.3 is 0 Å². The standard InChI is InChI=1S/C23H26N4OS.C2H3N/c1-15-14-19-21(27-12-10-24-11-13-27)25-23(29-2)26-22(19)28-20(15)18-9-5-7-16-6-3-4-8-17(16)18;1-2-3/h3-9,15,20,24H,10-14H2,1-2H3;1H3. The Hall–Kier alpha value is -2.82. The highest BCUT2D eigenvalue weighted by Crippen LogP contribution is 2.43. The van der Waals surface area contributed by atoms with Crippen molar-refractivity contribution >= 4 is 28.4 Å². The molecule has 0 amide bonds. The Morgan fingerprint density at radius 2 is 1.84 bits per heavy atom. The normalized spacial score (nSPS) is 19.9. The SMILES string of the molecule is CC#N.CSc1nc2c(c(N3CCNCC3)n1)CC(C)C(c1cccc3ccccc13)O2. The van der Waals surface area contributed by atoms with E-state index in [-0.39, 0.29) is 6.10 Å². The van der Waals surface area contributed by atoms with Crippen LogP contribution in [0.25, 0.3) is 10.8 Å². The molecule has 2 unspecified atom stereocenters. The van der Waals surface area contributed by atoms with Crippen LogP contribution in [0.4, 0.5) is 5.82 Å². The number of hydrogen-bond donors (Lipinski definition) is 1. The van der Waals surface area contributed by atoms with Crippen LogP contribution >= 0.6 is 11.8 Å². The Labute approximate surface area is 194 Å². The average molecular weight is 448 g/mol. The predicted molar refractivity (Wildman–Crippen MR) is 130 cm³/mol. The molecule has 166 valence electrons. The first-order valence-electron chi connectivity index (χ1n) is 11.0. The van der Waals surface area contributed by atoms with E-state index in [0.717, 1.165) is 55.0 Å². The van der Waals surface area contributed by atoms with Crippen molar-refractivity contribution in [1.29, 1.82) is 5.26 Å². The minimum absolute atomic E-state index is 0.00548. The van der Waals surface area contributed by atoms with Crippen molar-refractivity contribution in [2.75, 3.05) is 37.3 Å². The van der Waals surface area contributed by atoms with Gasteiger partial charge in [0.1, 0.15) is 11.9 Å². The Morgan fingerprint density at radius 3 is 2.59 bits per heavy atom. The maximum absolute atomic E-state index is 7.32. The number of aromatic nitrogens is 2. The van der Waals surface area contributed by atoms with Crippen LogP contribution in [0.1, 0.15) is 31.1 Å². The van der Waals surface area contributed by atoms with Gasteiger partial charge in [0.15, 0.2) is 5.16 Å². The van der Waals surface area contributed by atoms with Crippen LogP contribution in [0.15, 0.2) is 47.6 Å². The van der Waals surface area contributed by atoms with Gasteiger partial charge in [-0.25, -0.2) is 4.98 Å². The summed E-state index contributed by atoms with van der Waals surface area (Å²) in [6, 6.07) is 16.8. The number of ether oxygens (including phenoxy) is 1. The van der Waals surface area contributed by atoms with Gasteiger partial charge in [-0.1, -0.05) is 61.2 Å². The average Bonchev–Trinajstić information content (AvgIpc) is 2.84. The minimum atomic E-state index is -0.00548. The molecule has 3 aromatic rings. The van der Waals surface area contributed by atoms with E-state index in [1.807, 2.05) is 6.26 Å². The van der Waals surface area contributed by atoms with Gasteiger partial charge in [0.2, 0.25) is 5.88 Å². The summed E-state index contributed by atoms with van der Waals surface area (Å²) >= 11 is 1.58. The summed E-state index contributed by atoms with van der Waals surface area (Å²) in [5.41, 5.74) is 2.41. The number of rotatable bonds is 3. The molecule has 2 aromatic carbocycles. The quantitative estimate of drug-likeness (QED) is 0.464. The van der Waals surface area contributed by atoms with E-state index >= 15 is 0 Å². The van der Waals surface area contributed by atoms with E-state index in [2.05, 4.69) is 59.6 Å². The summed E-state index contributed by atoms with van der Waals surface area (Å²) < 4.78 is 6.61. The van der Waals surface area contributed by atoms with Gasteiger partial charge in [-0.3, -0.25) is 0 Å². The Balaban J connectivity index is 0.000000775. The van der Waals surface area contributed by atoms with Gasteiger partial charge in [-0.15, -0.1) is 0 Å². The third kappa shape index (κ3) is 4.52. The van der Waals surface area contributed by atoms with Crippen molar-refractivity contribution in [3.05, 3.63) is 53.6 Å². The monoisotopic (exact) mass is 447 g/mol. The molecule has 1 N–H and O–H groups in total. The van der Waals surface area contributed by atoms with Crippen molar-refractivity contribution < 1.29 is 4.74 Å². The lowest BCUT2D eigenvalue weighted by Gasteiger charge is -2.36. The number of benzene rings is 2. The van der Waals surface area contributed by atoms with Crippen molar-refractivity contribution in [2.45, 2.75) is 31.5 Å². The van der Waals surface area contributed by atoms with Gasteiger partial charge in [0.05, 0.1) is 11.6 Å². The zero-order valence-electron chi connectivity index (χ0n) is 18.8. The Kier molecular flexibility index (Phi) is 7.13. The Bertz CT molecular complexity index is 1120. The molecule has 0 spiro atoms. The van der Waals surface area contributed by atoms with Crippen LogP contribution in [-0.2, 0) is 6.42 Å². The third-order valence-corrected chi connectivity index (χ3v) is 6.49. The molecule has 1 saturated heterocycles. The molecule has 5 rings (SSSR count). The van der Waals surface area contributed by atoms with E-state index in [0.29, 0.717) is 5.92 Å². The highest BCUT2D eigenvalue weighted by molar-refractivity contribution is 7.98. The van der Waals surface area contributed by atoms with Crippen molar-refractivity contribution in [3.8, 4) is 11.9 Å². The van der Waals surface area contributed by atoms with Gasteiger partial charge in [-0.05, 0) is 23.4 Å². The summed E-state index contributed by atoms with van der Waals surface area (Å²) in [5, 5.41) is 14.0. The fraction of sp³-hybridized carbons (Fsp3) is 0.400. The van der Waals surface area contributed by atoms with Crippen LogP contribution in [0.5, 0.6) is 5.88 Å². The summed E-state index contributed by atoms with van der Waals surface area (Å²) in [6.07, 6.45) is 2.95. The molecule has 1 aromatic heterocycles. The number of hydrogen-bond acceptors (Lipinski definition) is 7. The molecule has 32 heavy (non-hydrogen) atoms. The second kappa shape index (κ2) is 10.2. The van der Waals surface area contributed by atoms with Crippen molar-refractivity contribution in [1.82, 2.24) is 15.3 Å². The number of fused-ring (bicyclic) bond motifs is 2. The predicted octanol–water partition coefficient (Wildman–Crippen LogP) is 4.60. The molecule has 1 fully saturated rings. The first kappa shape index (κ1) is 22.4. The molecule has 7 heteroatoms. The number of anilines is 1. The minimum Gasteiger partial charge on any atom is -0.469 e. The molecule has 0 aliphatic carbocycles. The van der Waals surface area contributed by atoms with E-state index in [4.69, 9.17) is 20.0 Å². The molecule has 0 radical (unpaired) electrons. The van der Waals surface area contributed by atoms with Gasteiger partial charge in [-0.2, -0.15) is 10.2 Å². The van der Waals surface area contributed by atoms with Crippen LogP contribution in [0.2, 0.25) is 0 Å². The summed E-state index contributed by atoms with van der Waals surface area (Å²) in [7, 11) is 0. The fourth-order valence-corrected chi connectivity index (χ4v) is 4.82. The molecular weight excluding hydrogens is 418 g/mol.